The van der Waals surface area contributed by atoms with Crippen LogP contribution < -0.4 is 0 Å². The Morgan fingerprint density at radius 2 is 2.42 bits per heavy atom. The molecule has 0 radical (unpaired) electrons. The summed E-state index contributed by atoms with van der Waals surface area (Å²) in [5.74, 6) is 2.20. The van der Waals surface area contributed by atoms with Gasteiger partial charge in [0.1, 0.15) is 0 Å². The Kier molecular flexibility index (Phi) is 2.17. The van der Waals surface area contributed by atoms with Crippen LogP contribution in [0.5, 0.6) is 0 Å². The lowest BCUT2D eigenvalue weighted by Gasteiger charge is -1.96. The fraction of sp³-hybridized carbons (Fsp3) is 0.750. The van der Waals surface area contributed by atoms with Crippen LogP contribution in [-0.2, 0) is 0 Å². The first-order chi connectivity index (χ1) is 5.81. The van der Waals surface area contributed by atoms with Crippen molar-refractivity contribution in [3.05, 3.63) is 11.7 Å². The van der Waals surface area contributed by atoms with Crippen molar-refractivity contribution in [1.82, 2.24) is 10.1 Å². The normalized spacial score (nSPS) is 19.5. The number of rotatable bonds is 3. The van der Waals surface area contributed by atoms with E-state index < -0.39 is 0 Å². The molecule has 66 valence electrons. The Hall–Kier alpha value is -0.380. The maximum absolute atomic E-state index is 5.11. The first kappa shape index (κ1) is 8.23. The largest absolute Gasteiger partial charge is 0.338 e. The molecular weight excluding hydrogens is 220 g/mol. The molecule has 1 aliphatic carbocycles. The Morgan fingerprint density at radius 3 is 3.00 bits per heavy atom. The number of halogens is 1. The van der Waals surface area contributed by atoms with E-state index in [9.17, 15) is 0 Å². The molecule has 1 atom stereocenters. The van der Waals surface area contributed by atoms with Crippen LogP contribution in [0.4, 0.5) is 0 Å². The molecule has 1 fully saturated rings. The highest BCUT2D eigenvalue weighted by atomic mass is 79.9. The van der Waals surface area contributed by atoms with Crippen LogP contribution in [0, 0.1) is 0 Å². The fourth-order valence-corrected chi connectivity index (χ4v) is 1.24. The topological polar surface area (TPSA) is 38.9 Å². The molecule has 0 saturated heterocycles. The number of nitrogens with zero attached hydrogens (tertiary/aromatic N) is 2. The van der Waals surface area contributed by atoms with Gasteiger partial charge in [-0.3, -0.25) is 0 Å². The molecule has 0 aromatic carbocycles. The summed E-state index contributed by atoms with van der Waals surface area (Å²) < 4.78 is 5.11. The maximum Gasteiger partial charge on any atom is 0.240 e. The molecule has 0 aliphatic heterocycles. The van der Waals surface area contributed by atoms with Crippen molar-refractivity contribution in [3.8, 4) is 0 Å². The summed E-state index contributed by atoms with van der Waals surface area (Å²) >= 11 is 3.47. The molecule has 1 aromatic heterocycles. The smallest absolute Gasteiger partial charge is 0.240 e. The van der Waals surface area contributed by atoms with Crippen LogP contribution in [0.2, 0.25) is 0 Å². The van der Waals surface area contributed by atoms with Crippen LogP contribution in [0.15, 0.2) is 4.52 Å². The molecule has 4 heteroatoms. The van der Waals surface area contributed by atoms with Crippen molar-refractivity contribution in [2.24, 2.45) is 0 Å². The van der Waals surface area contributed by atoms with E-state index in [0.29, 0.717) is 5.92 Å². The van der Waals surface area contributed by atoms with Gasteiger partial charge < -0.3 is 4.52 Å². The highest BCUT2D eigenvalue weighted by Crippen LogP contribution is 2.39. The molecule has 1 aliphatic rings. The molecule has 0 N–H and O–H groups in total. The van der Waals surface area contributed by atoms with Gasteiger partial charge in [0, 0.05) is 5.92 Å². The van der Waals surface area contributed by atoms with E-state index in [4.69, 9.17) is 4.52 Å². The highest BCUT2D eigenvalue weighted by Gasteiger charge is 2.29. The van der Waals surface area contributed by atoms with Gasteiger partial charge in [0.25, 0.3) is 0 Å². The molecule has 1 saturated carbocycles. The molecule has 12 heavy (non-hydrogen) atoms. The summed E-state index contributed by atoms with van der Waals surface area (Å²) in [4.78, 5) is 4.54. The van der Waals surface area contributed by atoms with E-state index in [-0.39, 0.29) is 4.83 Å². The molecule has 0 spiro atoms. The van der Waals surface area contributed by atoms with Gasteiger partial charge in [0.15, 0.2) is 5.82 Å². The van der Waals surface area contributed by atoms with Crippen molar-refractivity contribution < 1.29 is 4.52 Å². The van der Waals surface area contributed by atoms with Crippen molar-refractivity contribution in [2.75, 3.05) is 0 Å². The minimum atomic E-state index is 0.220. The molecule has 1 heterocycles. The predicted octanol–water partition coefficient (Wildman–Crippen LogP) is 2.79. The average molecular weight is 231 g/mol. The summed E-state index contributed by atoms with van der Waals surface area (Å²) in [5, 5.41) is 3.93. The van der Waals surface area contributed by atoms with Gasteiger partial charge in [-0.05, 0) is 19.3 Å². The second kappa shape index (κ2) is 3.17. The zero-order valence-electron chi connectivity index (χ0n) is 6.96. The molecule has 1 aromatic rings. The monoisotopic (exact) mass is 230 g/mol. The average Bonchev–Trinajstić information content (AvgIpc) is 2.83. The number of hydrogen-bond acceptors (Lipinski definition) is 3. The molecule has 2 rings (SSSR count). The first-order valence-electron chi connectivity index (χ1n) is 4.28. The third-order valence-electron chi connectivity index (χ3n) is 2.03. The van der Waals surface area contributed by atoms with E-state index in [1.54, 1.807) is 0 Å². The first-order valence-corrected chi connectivity index (χ1v) is 5.20. The number of aromatic nitrogens is 2. The van der Waals surface area contributed by atoms with Crippen LogP contribution in [0.25, 0.3) is 0 Å². The number of alkyl halides is 1. The summed E-state index contributed by atoms with van der Waals surface area (Å²) in [7, 11) is 0. The predicted molar refractivity (Wildman–Crippen MR) is 48.2 cm³/mol. The molecule has 0 bridgehead atoms. The maximum atomic E-state index is 5.11. The zero-order valence-corrected chi connectivity index (χ0v) is 8.54. The second-order valence-corrected chi connectivity index (χ2v) is 4.25. The third kappa shape index (κ3) is 1.53. The third-order valence-corrected chi connectivity index (χ3v) is 3.07. The van der Waals surface area contributed by atoms with Gasteiger partial charge in [-0.1, -0.05) is 28.0 Å². The zero-order chi connectivity index (χ0) is 8.55. The summed E-state index contributed by atoms with van der Waals surface area (Å²) in [6, 6.07) is 0. The van der Waals surface area contributed by atoms with Crippen LogP contribution in [0.3, 0.4) is 0 Å². The van der Waals surface area contributed by atoms with Crippen molar-refractivity contribution in [2.45, 2.75) is 36.9 Å². The van der Waals surface area contributed by atoms with Crippen LogP contribution in [0.1, 0.15) is 48.6 Å². The Labute approximate surface area is 79.7 Å². The molecule has 3 nitrogen and oxygen atoms in total. The molecule has 0 amide bonds. The van der Waals surface area contributed by atoms with Gasteiger partial charge >= 0.3 is 0 Å². The van der Waals surface area contributed by atoms with Crippen molar-refractivity contribution in [1.29, 1.82) is 0 Å². The van der Waals surface area contributed by atoms with Gasteiger partial charge in [0.05, 0.1) is 4.83 Å². The SMILES string of the molecule is CCC(Br)c1nc(C2CC2)no1. The summed E-state index contributed by atoms with van der Waals surface area (Å²) in [5.41, 5.74) is 0. The van der Waals surface area contributed by atoms with Gasteiger partial charge in [-0.2, -0.15) is 4.98 Å². The van der Waals surface area contributed by atoms with Crippen LogP contribution >= 0.6 is 15.9 Å². The Balaban J connectivity index is 2.12. The van der Waals surface area contributed by atoms with E-state index in [0.717, 1.165) is 18.1 Å². The van der Waals surface area contributed by atoms with E-state index in [2.05, 4.69) is 33.0 Å². The van der Waals surface area contributed by atoms with Gasteiger partial charge in [-0.15, -0.1) is 0 Å². The van der Waals surface area contributed by atoms with Crippen molar-refractivity contribution >= 4 is 15.9 Å². The number of hydrogen-bond donors (Lipinski definition) is 0. The van der Waals surface area contributed by atoms with Gasteiger partial charge in [0.2, 0.25) is 5.89 Å². The summed E-state index contributed by atoms with van der Waals surface area (Å²) in [6.45, 7) is 2.08. The lowest BCUT2D eigenvalue weighted by Crippen LogP contribution is -1.88. The quantitative estimate of drug-likeness (QED) is 0.750. The van der Waals surface area contributed by atoms with Crippen LogP contribution in [-0.4, -0.2) is 10.1 Å². The summed E-state index contributed by atoms with van der Waals surface area (Å²) in [6.07, 6.45) is 3.42. The highest BCUT2D eigenvalue weighted by molar-refractivity contribution is 9.09. The minimum Gasteiger partial charge on any atom is -0.338 e. The second-order valence-electron chi connectivity index (χ2n) is 3.14. The molecule has 1 unspecified atom stereocenters. The standard InChI is InChI=1S/C8H11BrN2O/c1-2-6(9)8-10-7(11-12-8)5-3-4-5/h5-6H,2-4H2,1H3. The van der Waals surface area contributed by atoms with E-state index in [1.165, 1.54) is 12.8 Å². The lowest BCUT2D eigenvalue weighted by molar-refractivity contribution is 0.371. The molecular formula is C8H11BrN2O. The lowest BCUT2D eigenvalue weighted by atomic mass is 10.3. The van der Waals surface area contributed by atoms with E-state index >= 15 is 0 Å². The fourth-order valence-electron chi connectivity index (χ4n) is 1.06. The van der Waals surface area contributed by atoms with Crippen molar-refractivity contribution in [3.63, 3.8) is 0 Å². The Bertz CT molecular complexity index is 270. The van der Waals surface area contributed by atoms with E-state index in [1.807, 2.05) is 0 Å². The minimum absolute atomic E-state index is 0.220. The Morgan fingerprint density at radius 1 is 1.67 bits per heavy atom. The van der Waals surface area contributed by atoms with Gasteiger partial charge in [-0.25, -0.2) is 0 Å².